The van der Waals surface area contributed by atoms with Crippen LogP contribution in [0.1, 0.15) is 24.1 Å². The molecule has 5 nitrogen and oxygen atoms in total. The second kappa shape index (κ2) is 5.93. The number of para-hydroxylation sites is 1. The van der Waals surface area contributed by atoms with Crippen molar-refractivity contribution in [1.82, 2.24) is 24.9 Å². The van der Waals surface area contributed by atoms with Crippen LogP contribution in [0.5, 0.6) is 0 Å². The van der Waals surface area contributed by atoms with Crippen LogP contribution in [0.4, 0.5) is 0 Å². The number of aromatic nitrogens is 4. The van der Waals surface area contributed by atoms with E-state index in [1.54, 1.807) is 0 Å². The summed E-state index contributed by atoms with van der Waals surface area (Å²) in [6.07, 6.45) is 7.91. The Kier molecular flexibility index (Phi) is 3.83. The van der Waals surface area contributed by atoms with Crippen molar-refractivity contribution in [2.24, 2.45) is 7.05 Å². The summed E-state index contributed by atoms with van der Waals surface area (Å²) in [7, 11) is 1.93. The Morgan fingerprint density at radius 2 is 1.76 bits per heavy atom. The molecular weight excluding hydrogens is 262 g/mol. The first kappa shape index (κ1) is 13.6. The highest BCUT2D eigenvalue weighted by Gasteiger charge is 2.16. The molecule has 0 saturated carbocycles. The van der Waals surface area contributed by atoms with Gasteiger partial charge < -0.3 is 5.32 Å². The van der Waals surface area contributed by atoms with E-state index >= 15 is 0 Å². The summed E-state index contributed by atoms with van der Waals surface area (Å²) in [5.41, 5.74) is 3.34. The van der Waals surface area contributed by atoms with Crippen LogP contribution < -0.4 is 5.32 Å². The number of hydrogen-bond acceptors (Lipinski definition) is 3. The van der Waals surface area contributed by atoms with E-state index in [0.717, 1.165) is 23.4 Å². The maximum absolute atomic E-state index is 4.47. The number of nitrogens with zero attached hydrogens (tertiary/aromatic N) is 4. The van der Waals surface area contributed by atoms with E-state index in [0.29, 0.717) is 0 Å². The van der Waals surface area contributed by atoms with Crippen molar-refractivity contribution in [3.05, 3.63) is 66.2 Å². The van der Waals surface area contributed by atoms with Gasteiger partial charge in [-0.15, -0.1) is 0 Å². The molecule has 2 aromatic heterocycles. The zero-order valence-electron chi connectivity index (χ0n) is 12.3. The third-order valence-corrected chi connectivity index (χ3v) is 3.42. The number of rotatable bonds is 5. The first-order valence-corrected chi connectivity index (χ1v) is 7.10. The monoisotopic (exact) mass is 281 g/mol. The van der Waals surface area contributed by atoms with Crippen molar-refractivity contribution < 1.29 is 0 Å². The van der Waals surface area contributed by atoms with Crippen LogP contribution in [0.15, 0.2) is 55.1 Å². The molecule has 0 bridgehead atoms. The standard InChI is InChI=1S/C16H19N5/c1-3-17-16(13-9-18-20(2)11-13)14-10-19-21(12-14)15-7-5-4-6-8-15/h4-12,16-17H,3H2,1-2H3. The van der Waals surface area contributed by atoms with E-state index in [2.05, 4.69) is 28.6 Å². The van der Waals surface area contributed by atoms with Gasteiger partial charge in [0, 0.05) is 30.6 Å². The fraction of sp³-hybridized carbons (Fsp3) is 0.250. The van der Waals surface area contributed by atoms with E-state index in [1.807, 2.05) is 65.3 Å². The Balaban J connectivity index is 1.92. The lowest BCUT2D eigenvalue weighted by Gasteiger charge is -2.14. The topological polar surface area (TPSA) is 47.7 Å². The molecule has 1 unspecified atom stereocenters. The van der Waals surface area contributed by atoms with Crippen molar-refractivity contribution in [3.8, 4) is 5.69 Å². The predicted octanol–water partition coefficient (Wildman–Crippen LogP) is 2.30. The summed E-state index contributed by atoms with van der Waals surface area (Å²) in [6.45, 7) is 2.99. The Labute approximate surface area is 124 Å². The van der Waals surface area contributed by atoms with Crippen molar-refractivity contribution in [2.75, 3.05) is 6.54 Å². The molecule has 0 amide bonds. The maximum atomic E-state index is 4.47. The maximum Gasteiger partial charge on any atom is 0.0645 e. The average molecular weight is 281 g/mol. The molecule has 3 aromatic rings. The quantitative estimate of drug-likeness (QED) is 0.780. The van der Waals surface area contributed by atoms with Gasteiger partial charge >= 0.3 is 0 Å². The van der Waals surface area contributed by atoms with Gasteiger partial charge in [-0.3, -0.25) is 4.68 Å². The highest BCUT2D eigenvalue weighted by Crippen LogP contribution is 2.22. The first-order chi connectivity index (χ1) is 10.3. The number of hydrogen-bond donors (Lipinski definition) is 1. The van der Waals surface area contributed by atoms with Crippen LogP contribution in [0, 0.1) is 0 Å². The minimum atomic E-state index is 0.112. The molecule has 0 radical (unpaired) electrons. The minimum absolute atomic E-state index is 0.112. The van der Waals surface area contributed by atoms with Gasteiger partial charge in [0.2, 0.25) is 0 Å². The lowest BCUT2D eigenvalue weighted by Crippen LogP contribution is -2.21. The summed E-state index contributed by atoms with van der Waals surface area (Å²) in [4.78, 5) is 0. The molecule has 3 rings (SSSR count). The Morgan fingerprint density at radius 1 is 1.05 bits per heavy atom. The van der Waals surface area contributed by atoms with Gasteiger partial charge in [-0.25, -0.2) is 4.68 Å². The van der Waals surface area contributed by atoms with Gasteiger partial charge in [0.15, 0.2) is 0 Å². The van der Waals surface area contributed by atoms with Gasteiger partial charge in [-0.05, 0) is 18.7 Å². The number of benzene rings is 1. The molecule has 21 heavy (non-hydrogen) atoms. The average Bonchev–Trinajstić information content (AvgIpc) is 3.15. The lowest BCUT2D eigenvalue weighted by molar-refractivity contribution is 0.629. The number of aryl methyl sites for hydroxylation is 1. The van der Waals surface area contributed by atoms with Crippen molar-refractivity contribution in [3.63, 3.8) is 0 Å². The summed E-state index contributed by atoms with van der Waals surface area (Å²) in [6, 6.07) is 10.2. The van der Waals surface area contributed by atoms with Crippen LogP contribution in [-0.2, 0) is 7.05 Å². The van der Waals surface area contributed by atoms with Crippen LogP contribution >= 0.6 is 0 Å². The second-order valence-corrected chi connectivity index (χ2v) is 4.99. The van der Waals surface area contributed by atoms with Gasteiger partial charge in [0.25, 0.3) is 0 Å². The molecule has 0 fully saturated rings. The summed E-state index contributed by atoms with van der Waals surface area (Å²) >= 11 is 0. The molecule has 108 valence electrons. The Bertz CT molecular complexity index is 698. The fourth-order valence-electron chi connectivity index (χ4n) is 2.43. The largest absolute Gasteiger partial charge is 0.306 e. The highest BCUT2D eigenvalue weighted by molar-refractivity contribution is 5.33. The van der Waals surface area contributed by atoms with Gasteiger partial charge in [0.1, 0.15) is 0 Å². The van der Waals surface area contributed by atoms with E-state index in [4.69, 9.17) is 0 Å². The smallest absolute Gasteiger partial charge is 0.0645 e. The normalized spacial score (nSPS) is 12.5. The summed E-state index contributed by atoms with van der Waals surface area (Å²) in [5, 5.41) is 12.2. The summed E-state index contributed by atoms with van der Waals surface area (Å²) in [5.74, 6) is 0. The first-order valence-electron chi connectivity index (χ1n) is 7.10. The SMILES string of the molecule is CCNC(c1cnn(C)c1)c1cnn(-c2ccccc2)c1. The zero-order chi connectivity index (χ0) is 14.7. The van der Waals surface area contributed by atoms with Gasteiger partial charge in [-0.2, -0.15) is 10.2 Å². The van der Waals surface area contributed by atoms with E-state index in [1.165, 1.54) is 0 Å². The molecule has 1 atom stereocenters. The van der Waals surface area contributed by atoms with Crippen LogP contribution in [0.2, 0.25) is 0 Å². The van der Waals surface area contributed by atoms with E-state index < -0.39 is 0 Å². The van der Waals surface area contributed by atoms with E-state index in [9.17, 15) is 0 Å². The van der Waals surface area contributed by atoms with Gasteiger partial charge in [0.05, 0.1) is 24.1 Å². The highest BCUT2D eigenvalue weighted by atomic mass is 15.3. The third-order valence-electron chi connectivity index (χ3n) is 3.42. The molecular formula is C16H19N5. The molecule has 0 aliphatic rings. The molecule has 2 heterocycles. The molecule has 0 aliphatic carbocycles. The Morgan fingerprint density at radius 3 is 2.43 bits per heavy atom. The molecule has 0 aliphatic heterocycles. The third kappa shape index (κ3) is 2.87. The number of nitrogens with one attached hydrogen (secondary N) is 1. The molecule has 0 saturated heterocycles. The van der Waals surface area contributed by atoms with Crippen molar-refractivity contribution in [1.29, 1.82) is 0 Å². The van der Waals surface area contributed by atoms with Crippen LogP contribution in [0.3, 0.4) is 0 Å². The molecule has 0 spiro atoms. The fourth-order valence-corrected chi connectivity index (χ4v) is 2.43. The van der Waals surface area contributed by atoms with Crippen molar-refractivity contribution >= 4 is 0 Å². The van der Waals surface area contributed by atoms with Crippen molar-refractivity contribution in [2.45, 2.75) is 13.0 Å². The lowest BCUT2D eigenvalue weighted by atomic mass is 10.1. The van der Waals surface area contributed by atoms with Crippen LogP contribution in [-0.4, -0.2) is 26.1 Å². The predicted molar refractivity (Wildman–Crippen MR) is 82.3 cm³/mol. The van der Waals surface area contributed by atoms with Crippen LogP contribution in [0.25, 0.3) is 5.69 Å². The minimum Gasteiger partial charge on any atom is -0.306 e. The zero-order valence-corrected chi connectivity index (χ0v) is 12.3. The molecule has 1 aromatic carbocycles. The summed E-state index contributed by atoms with van der Waals surface area (Å²) < 4.78 is 3.72. The van der Waals surface area contributed by atoms with Gasteiger partial charge in [-0.1, -0.05) is 25.1 Å². The molecule has 1 N–H and O–H groups in total. The molecule has 5 heteroatoms. The second-order valence-electron chi connectivity index (χ2n) is 4.99. The Hall–Kier alpha value is -2.40. The van der Waals surface area contributed by atoms with E-state index in [-0.39, 0.29) is 6.04 Å².